The van der Waals surface area contributed by atoms with Crippen LogP contribution in [0.1, 0.15) is 0 Å². The number of rotatable bonds is 0. The molecule has 0 amide bonds. The number of benzene rings is 2. The van der Waals surface area contributed by atoms with Gasteiger partial charge in [-0.15, -0.1) is 0 Å². The molecule has 92 valence electrons. The van der Waals surface area contributed by atoms with Crippen LogP contribution in [-0.4, -0.2) is 0 Å². The molecule has 0 bridgehead atoms. The Kier molecular flexibility index (Phi) is 3.69. The quantitative estimate of drug-likeness (QED) is 0.206. The number of halogens is 5. The van der Waals surface area contributed by atoms with Gasteiger partial charge in [0.2, 0.25) is 0 Å². The maximum absolute atomic E-state index is 5.96. The highest BCUT2D eigenvalue weighted by atomic mass is 79.9. The van der Waals surface area contributed by atoms with Crippen LogP contribution in [0.3, 0.4) is 0 Å². The molecule has 0 aliphatic carbocycles. The minimum atomic E-state index is 0.818. The highest BCUT2D eigenvalue weighted by Gasteiger charge is 2.20. The van der Waals surface area contributed by atoms with Gasteiger partial charge in [0.15, 0.2) is 5.58 Å². The lowest BCUT2D eigenvalue weighted by Gasteiger charge is -2.04. The molecule has 1 nitrogen and oxygen atoms in total. The van der Waals surface area contributed by atoms with Gasteiger partial charge in [0.05, 0.1) is 13.4 Å². The average molecular weight is 563 g/mol. The Labute approximate surface area is 145 Å². The van der Waals surface area contributed by atoms with Gasteiger partial charge in [-0.3, -0.25) is 0 Å². The molecule has 2 aromatic carbocycles. The number of para-hydroxylation sites is 1. The fourth-order valence-corrected chi connectivity index (χ4v) is 4.68. The monoisotopic (exact) mass is 558 g/mol. The van der Waals surface area contributed by atoms with Gasteiger partial charge in [0.25, 0.3) is 0 Å². The van der Waals surface area contributed by atoms with E-state index in [2.05, 4.69) is 79.6 Å². The van der Waals surface area contributed by atoms with Crippen LogP contribution in [0.4, 0.5) is 0 Å². The maximum Gasteiger partial charge on any atom is 0.152 e. The highest BCUT2D eigenvalue weighted by Crippen LogP contribution is 2.47. The summed E-state index contributed by atoms with van der Waals surface area (Å²) in [7, 11) is 0. The second-order valence-electron chi connectivity index (χ2n) is 3.68. The molecule has 1 heterocycles. The smallest absolute Gasteiger partial charge is 0.152 e. The van der Waals surface area contributed by atoms with E-state index in [0.29, 0.717) is 0 Å². The Hall–Kier alpha value is 0.640. The van der Waals surface area contributed by atoms with E-state index in [0.717, 1.165) is 44.3 Å². The van der Waals surface area contributed by atoms with Crippen molar-refractivity contribution in [2.45, 2.75) is 0 Å². The van der Waals surface area contributed by atoms with Crippen molar-refractivity contribution < 1.29 is 4.42 Å². The van der Waals surface area contributed by atoms with Crippen LogP contribution >= 0.6 is 79.6 Å². The fraction of sp³-hybridized carbons (Fsp3) is 0. The zero-order valence-electron chi connectivity index (χ0n) is 8.53. The van der Waals surface area contributed by atoms with E-state index in [1.807, 2.05) is 18.2 Å². The van der Waals surface area contributed by atoms with Crippen molar-refractivity contribution in [2.24, 2.45) is 0 Å². The van der Waals surface area contributed by atoms with E-state index in [1.165, 1.54) is 0 Å². The molecule has 0 aliphatic heterocycles. The summed E-state index contributed by atoms with van der Waals surface area (Å²) in [6.07, 6.45) is 0. The molecule has 1 aromatic heterocycles. The summed E-state index contributed by atoms with van der Waals surface area (Å²) in [5.41, 5.74) is 1.66. The van der Waals surface area contributed by atoms with Crippen LogP contribution in [0.5, 0.6) is 0 Å². The molecule has 0 atom stereocenters. The molecule has 6 heteroatoms. The van der Waals surface area contributed by atoms with Gasteiger partial charge in [-0.25, -0.2) is 0 Å². The Morgan fingerprint density at radius 1 is 0.722 bits per heavy atom. The number of hydrogen-bond donors (Lipinski definition) is 0. The number of furan rings is 1. The number of hydrogen-bond acceptors (Lipinski definition) is 1. The van der Waals surface area contributed by atoms with Crippen LogP contribution in [0.15, 0.2) is 45.0 Å². The van der Waals surface area contributed by atoms with E-state index in [1.54, 1.807) is 0 Å². The standard InChI is InChI=1S/C12H3Br5O/c13-5-3-1-2-4-6-7(14)8(15)9(16)10(17)12(6)18-11(4)5/h1-3H. The van der Waals surface area contributed by atoms with Crippen LogP contribution < -0.4 is 0 Å². The molecule has 3 rings (SSSR count). The molecule has 0 N–H and O–H groups in total. The van der Waals surface area contributed by atoms with Crippen molar-refractivity contribution in [1.82, 2.24) is 0 Å². The Bertz CT molecular complexity index is 790. The van der Waals surface area contributed by atoms with Crippen molar-refractivity contribution >= 4 is 102 Å². The molecule has 0 spiro atoms. The van der Waals surface area contributed by atoms with Gasteiger partial charge in [-0.1, -0.05) is 12.1 Å². The molecular formula is C12H3Br5O. The summed E-state index contributed by atoms with van der Waals surface area (Å²) >= 11 is 17.8. The molecule has 0 radical (unpaired) electrons. The topological polar surface area (TPSA) is 13.1 Å². The SMILES string of the molecule is Brc1c(Br)c(Br)c2c(oc3c(Br)cccc32)c1Br. The Morgan fingerprint density at radius 2 is 1.39 bits per heavy atom. The van der Waals surface area contributed by atoms with Gasteiger partial charge in [0, 0.05) is 19.7 Å². The van der Waals surface area contributed by atoms with Gasteiger partial charge in [0.1, 0.15) is 5.58 Å². The van der Waals surface area contributed by atoms with Crippen LogP contribution in [0.25, 0.3) is 21.9 Å². The summed E-state index contributed by atoms with van der Waals surface area (Å²) in [5.74, 6) is 0. The normalized spacial score (nSPS) is 11.6. The zero-order chi connectivity index (χ0) is 13.0. The molecule has 0 aliphatic rings. The molecule has 18 heavy (non-hydrogen) atoms. The number of fused-ring (bicyclic) bond motifs is 3. The van der Waals surface area contributed by atoms with Gasteiger partial charge >= 0.3 is 0 Å². The van der Waals surface area contributed by atoms with E-state index in [-0.39, 0.29) is 0 Å². The minimum absolute atomic E-state index is 0.818. The maximum atomic E-state index is 5.96. The summed E-state index contributed by atoms with van der Waals surface area (Å²) in [6.45, 7) is 0. The third kappa shape index (κ3) is 1.87. The lowest BCUT2D eigenvalue weighted by atomic mass is 10.1. The lowest BCUT2D eigenvalue weighted by Crippen LogP contribution is -1.79. The van der Waals surface area contributed by atoms with Gasteiger partial charge in [-0.05, 0) is 85.7 Å². The van der Waals surface area contributed by atoms with Crippen LogP contribution in [0.2, 0.25) is 0 Å². The van der Waals surface area contributed by atoms with Crippen molar-refractivity contribution in [2.75, 3.05) is 0 Å². The largest absolute Gasteiger partial charge is 0.454 e. The molecule has 3 aromatic rings. The fourth-order valence-electron chi connectivity index (χ4n) is 1.86. The second kappa shape index (κ2) is 4.88. The predicted molar refractivity (Wildman–Crippen MR) is 92.2 cm³/mol. The minimum Gasteiger partial charge on any atom is -0.454 e. The summed E-state index contributed by atoms with van der Waals surface area (Å²) in [6, 6.07) is 6.01. The van der Waals surface area contributed by atoms with Crippen LogP contribution in [-0.2, 0) is 0 Å². The third-order valence-corrected chi connectivity index (χ3v) is 8.02. The molecule has 0 saturated heterocycles. The van der Waals surface area contributed by atoms with Crippen molar-refractivity contribution in [1.29, 1.82) is 0 Å². The van der Waals surface area contributed by atoms with Gasteiger partial charge < -0.3 is 4.42 Å². The van der Waals surface area contributed by atoms with E-state index in [9.17, 15) is 0 Å². The summed E-state index contributed by atoms with van der Waals surface area (Å²) in [4.78, 5) is 0. The molecule has 0 fully saturated rings. The van der Waals surface area contributed by atoms with Crippen molar-refractivity contribution in [3.63, 3.8) is 0 Å². The third-order valence-electron chi connectivity index (χ3n) is 2.66. The zero-order valence-corrected chi connectivity index (χ0v) is 16.5. The first-order valence-corrected chi connectivity index (χ1v) is 8.81. The predicted octanol–water partition coefficient (Wildman–Crippen LogP) is 7.40. The molecule has 0 saturated carbocycles. The summed E-state index contributed by atoms with van der Waals surface area (Å²) < 4.78 is 10.7. The Morgan fingerprint density at radius 3 is 2.11 bits per heavy atom. The highest BCUT2D eigenvalue weighted by molar-refractivity contribution is 9.15. The molecule has 0 unspecified atom stereocenters. The average Bonchev–Trinajstić information content (AvgIpc) is 2.75. The Balaban J connectivity index is 2.67. The second-order valence-corrected chi connectivity index (χ2v) is 7.70. The van der Waals surface area contributed by atoms with E-state index >= 15 is 0 Å². The first kappa shape index (κ1) is 13.6. The van der Waals surface area contributed by atoms with Crippen LogP contribution in [0, 0.1) is 0 Å². The van der Waals surface area contributed by atoms with Crippen molar-refractivity contribution in [3.8, 4) is 0 Å². The summed E-state index contributed by atoms with van der Waals surface area (Å²) in [5, 5.41) is 2.12. The first-order chi connectivity index (χ1) is 8.52. The van der Waals surface area contributed by atoms with Crippen molar-refractivity contribution in [3.05, 3.63) is 40.6 Å². The van der Waals surface area contributed by atoms with E-state index in [4.69, 9.17) is 4.42 Å². The lowest BCUT2D eigenvalue weighted by molar-refractivity contribution is 0.664. The van der Waals surface area contributed by atoms with Gasteiger partial charge in [-0.2, -0.15) is 0 Å². The first-order valence-electron chi connectivity index (χ1n) is 4.85. The van der Waals surface area contributed by atoms with E-state index < -0.39 is 0 Å². The molecular weight excluding hydrogens is 560 g/mol.